The molecule has 1 heterocycles. The van der Waals surface area contributed by atoms with Gasteiger partial charge in [-0.15, -0.1) is 0 Å². The van der Waals surface area contributed by atoms with Gasteiger partial charge in [0.15, 0.2) is 0 Å². The molecule has 1 aliphatic heterocycles. The number of benzene rings is 2. The monoisotopic (exact) mass is 400 g/mol. The molecule has 0 aliphatic carbocycles. The van der Waals surface area contributed by atoms with Crippen molar-refractivity contribution < 1.29 is 0 Å². The maximum atomic E-state index is 3.38. The predicted molar refractivity (Wildman–Crippen MR) is 111 cm³/mol. The fourth-order valence-electron chi connectivity index (χ4n) is 4.34. The van der Waals surface area contributed by atoms with Gasteiger partial charge in [-0.05, 0) is 0 Å². The van der Waals surface area contributed by atoms with Gasteiger partial charge in [0.1, 0.15) is 0 Å². The summed E-state index contributed by atoms with van der Waals surface area (Å²) in [6.07, 6.45) is 1.16. The molecule has 0 saturated carbocycles. The van der Waals surface area contributed by atoms with Gasteiger partial charge in [0, 0.05) is 0 Å². The minimum absolute atomic E-state index is 1.06. The first-order valence-corrected chi connectivity index (χ1v) is 9.90. The molecule has 0 aromatic heterocycles. The number of rotatable bonds is 2. The first-order valence-electron chi connectivity index (χ1n) is 9.04. The van der Waals surface area contributed by atoms with Crippen molar-refractivity contribution in [2.75, 3.05) is 22.9 Å². The Hall–Kier alpha value is -1.57. The number of hydrogen-bond donors (Lipinski definition) is 0. The van der Waals surface area contributed by atoms with Gasteiger partial charge in [-0.2, -0.15) is 0 Å². The second-order valence-electron chi connectivity index (χ2n) is 7.43. The van der Waals surface area contributed by atoms with Crippen LogP contribution in [0.15, 0.2) is 24.3 Å². The Balaban J connectivity index is 2.04. The molecule has 0 amide bonds. The molecule has 0 unspecified atom stereocenters. The molecule has 0 N–H and O–H groups in total. The predicted octanol–water partition coefficient (Wildman–Crippen LogP) is 4.51. The summed E-state index contributed by atoms with van der Waals surface area (Å²) in [7, 11) is 0. The number of anilines is 2. The van der Waals surface area contributed by atoms with Gasteiger partial charge in [0.05, 0.1) is 0 Å². The molecule has 0 bridgehead atoms. The third-order valence-corrected chi connectivity index (χ3v) is 5.96. The summed E-state index contributed by atoms with van der Waals surface area (Å²) in [6.45, 7) is 15.4. The van der Waals surface area contributed by atoms with Gasteiger partial charge in [0.2, 0.25) is 0 Å². The summed E-state index contributed by atoms with van der Waals surface area (Å²) < 4.78 is 1.22. The van der Waals surface area contributed by atoms with Gasteiger partial charge in [-0.25, -0.2) is 0 Å². The third-order valence-electron chi connectivity index (χ3n) is 5.04. The van der Waals surface area contributed by atoms with E-state index in [9.17, 15) is 0 Å². The quantitative estimate of drug-likeness (QED) is 0.686. The standard InChI is InChI=1S/C22H28N2Se/c1-14-10-16(3)20(17(4)11-14)23-8-7-9-24(22(23)25)21-18(5)12-15(2)13-19(21)6/h10-13H,7-9H2,1-6H3. The number of hydrogen-bond acceptors (Lipinski definition) is 2. The van der Waals surface area contributed by atoms with Crippen LogP contribution in [0.3, 0.4) is 0 Å². The molecule has 2 aromatic carbocycles. The van der Waals surface area contributed by atoms with E-state index >= 15 is 0 Å². The average molecular weight is 399 g/mol. The molecule has 0 atom stereocenters. The molecular formula is C22H28N2Se. The number of aryl methyl sites for hydroxylation is 6. The Morgan fingerprint density at radius 1 is 0.640 bits per heavy atom. The van der Waals surface area contributed by atoms with Crippen molar-refractivity contribution in [1.29, 1.82) is 0 Å². The summed E-state index contributed by atoms with van der Waals surface area (Å²) >= 11 is 3.38. The molecule has 3 heteroatoms. The molecule has 1 fully saturated rings. The van der Waals surface area contributed by atoms with E-state index in [0.717, 1.165) is 19.5 Å². The van der Waals surface area contributed by atoms with Crippen LogP contribution < -0.4 is 9.80 Å². The van der Waals surface area contributed by atoms with Crippen molar-refractivity contribution in [2.24, 2.45) is 0 Å². The van der Waals surface area contributed by atoms with E-state index < -0.39 is 0 Å². The Morgan fingerprint density at radius 2 is 0.960 bits per heavy atom. The molecule has 0 radical (unpaired) electrons. The van der Waals surface area contributed by atoms with Gasteiger partial charge >= 0.3 is 160 Å². The zero-order valence-electron chi connectivity index (χ0n) is 16.2. The van der Waals surface area contributed by atoms with Crippen molar-refractivity contribution in [1.82, 2.24) is 0 Å². The molecule has 132 valence electrons. The van der Waals surface area contributed by atoms with Crippen LogP contribution in [-0.4, -0.2) is 33.3 Å². The van der Waals surface area contributed by atoms with E-state index in [1.54, 1.807) is 0 Å². The molecule has 3 rings (SSSR count). The fourth-order valence-corrected chi connectivity index (χ4v) is 5.10. The fraction of sp³-hybridized carbons (Fsp3) is 0.409. The van der Waals surface area contributed by atoms with Crippen LogP contribution >= 0.6 is 0 Å². The Morgan fingerprint density at radius 3 is 1.28 bits per heavy atom. The van der Waals surface area contributed by atoms with E-state index in [1.165, 1.54) is 49.4 Å². The molecule has 1 saturated heterocycles. The van der Waals surface area contributed by atoms with Crippen molar-refractivity contribution in [3.05, 3.63) is 57.6 Å². The zero-order valence-corrected chi connectivity index (χ0v) is 17.9. The second-order valence-corrected chi connectivity index (χ2v) is 8.20. The molecule has 2 nitrogen and oxygen atoms in total. The topological polar surface area (TPSA) is 6.48 Å². The Labute approximate surface area is 160 Å². The van der Waals surface area contributed by atoms with E-state index in [0.29, 0.717) is 0 Å². The van der Waals surface area contributed by atoms with Crippen LogP contribution in [0.4, 0.5) is 11.4 Å². The van der Waals surface area contributed by atoms with Crippen molar-refractivity contribution in [3.63, 3.8) is 0 Å². The van der Waals surface area contributed by atoms with Crippen LogP contribution in [0.5, 0.6) is 0 Å². The van der Waals surface area contributed by atoms with E-state index in [2.05, 4.69) is 91.2 Å². The van der Waals surface area contributed by atoms with Crippen LogP contribution in [0, 0.1) is 41.5 Å². The van der Waals surface area contributed by atoms with Gasteiger partial charge in [-0.3, -0.25) is 0 Å². The van der Waals surface area contributed by atoms with Crippen molar-refractivity contribution >= 4 is 31.6 Å². The Kier molecular flexibility index (Phi) is 5.09. The van der Waals surface area contributed by atoms with Gasteiger partial charge in [-0.1, -0.05) is 0 Å². The van der Waals surface area contributed by atoms with Crippen molar-refractivity contribution in [2.45, 2.75) is 48.0 Å². The Bertz CT molecular complexity index is 724. The number of nitrogens with zero attached hydrogens (tertiary/aromatic N) is 2. The van der Waals surface area contributed by atoms with Gasteiger partial charge < -0.3 is 0 Å². The first-order chi connectivity index (χ1) is 11.8. The summed E-state index contributed by atoms with van der Waals surface area (Å²) in [5.41, 5.74) is 10.8. The molecule has 2 aromatic rings. The summed E-state index contributed by atoms with van der Waals surface area (Å²) in [5, 5.41) is 0. The minimum atomic E-state index is 1.06. The maximum absolute atomic E-state index is 3.38. The molecule has 0 spiro atoms. The zero-order chi connectivity index (χ0) is 18.3. The second kappa shape index (κ2) is 6.97. The van der Waals surface area contributed by atoms with E-state index in [-0.39, 0.29) is 0 Å². The SMILES string of the molecule is Cc1cc(C)c(N2CCCN(c3c(C)cc(C)cc3C)C2=[Se])c(C)c1. The van der Waals surface area contributed by atoms with Crippen LogP contribution in [-0.2, 0) is 0 Å². The molecule has 1 aliphatic rings. The van der Waals surface area contributed by atoms with Crippen LogP contribution in [0.1, 0.15) is 39.8 Å². The molecule has 25 heavy (non-hydrogen) atoms. The van der Waals surface area contributed by atoms with Gasteiger partial charge in [0.25, 0.3) is 0 Å². The third kappa shape index (κ3) is 3.41. The summed E-state index contributed by atoms with van der Waals surface area (Å²) in [4.78, 5) is 4.93. The molecular weight excluding hydrogens is 371 g/mol. The summed E-state index contributed by atoms with van der Waals surface area (Å²) in [6, 6.07) is 9.15. The van der Waals surface area contributed by atoms with E-state index in [1.807, 2.05) is 0 Å². The van der Waals surface area contributed by atoms with E-state index in [4.69, 9.17) is 0 Å². The van der Waals surface area contributed by atoms with Crippen LogP contribution in [0.25, 0.3) is 0 Å². The van der Waals surface area contributed by atoms with Crippen LogP contribution in [0.2, 0.25) is 0 Å². The summed E-state index contributed by atoms with van der Waals surface area (Å²) in [5.74, 6) is 0. The normalized spacial score (nSPS) is 15.0. The average Bonchev–Trinajstić information content (AvgIpc) is 2.48. The first kappa shape index (κ1) is 18.2. The van der Waals surface area contributed by atoms with Crippen molar-refractivity contribution in [3.8, 4) is 0 Å².